The summed E-state index contributed by atoms with van der Waals surface area (Å²) < 4.78 is 29.5. The van der Waals surface area contributed by atoms with Crippen molar-refractivity contribution in [2.75, 3.05) is 13.4 Å². The minimum Gasteiger partial charge on any atom is -0.490 e. The topological polar surface area (TPSA) is 96.0 Å². The molecular formula is C26H20BrClN2O5. The third-order valence-electron chi connectivity index (χ3n) is 5.71. The Morgan fingerprint density at radius 2 is 1.89 bits per heavy atom. The lowest BCUT2D eigenvalue weighted by atomic mass is 9.83. The minimum absolute atomic E-state index is 0.0389. The predicted octanol–water partition coefficient (Wildman–Crippen LogP) is 6.03. The van der Waals surface area contributed by atoms with E-state index >= 15 is 0 Å². The maximum atomic E-state index is 9.94. The molecule has 0 amide bonds. The van der Waals surface area contributed by atoms with E-state index in [4.69, 9.17) is 41.0 Å². The van der Waals surface area contributed by atoms with Crippen LogP contribution in [0.1, 0.15) is 29.5 Å². The molecule has 0 fully saturated rings. The van der Waals surface area contributed by atoms with Crippen LogP contribution < -0.4 is 29.4 Å². The zero-order valence-corrected chi connectivity index (χ0v) is 21.0. The van der Waals surface area contributed by atoms with Gasteiger partial charge in [-0.15, -0.1) is 0 Å². The summed E-state index contributed by atoms with van der Waals surface area (Å²) in [5.74, 6) is 2.24. The first-order chi connectivity index (χ1) is 17.0. The fraction of sp³-hybridized carbons (Fsp3) is 0.192. The second-order valence-corrected chi connectivity index (χ2v) is 9.07. The van der Waals surface area contributed by atoms with Gasteiger partial charge in [-0.3, -0.25) is 0 Å². The highest BCUT2D eigenvalue weighted by molar-refractivity contribution is 9.10. The lowest BCUT2D eigenvalue weighted by molar-refractivity contribution is 0.174. The highest BCUT2D eigenvalue weighted by Crippen LogP contribution is 2.50. The third kappa shape index (κ3) is 4.33. The zero-order valence-electron chi connectivity index (χ0n) is 18.6. The first kappa shape index (κ1) is 23.2. The maximum absolute atomic E-state index is 9.94. The number of nitriles is 1. The smallest absolute Gasteiger partial charge is 0.231 e. The standard InChI is InChI=1S/C26H20BrClN2O5/c1-2-31-23-8-15(7-18(27)25(23)32-12-14-5-3-4-6-19(14)28)24-16-9-21-22(34-13-33-21)10-20(16)35-26(30)17(24)11-29/h3-10,24H,2,12-13,30H2,1H3/t24-/m0/s1. The number of ether oxygens (including phenoxy) is 5. The molecule has 0 radical (unpaired) electrons. The molecule has 2 aliphatic rings. The molecule has 0 aromatic heterocycles. The third-order valence-corrected chi connectivity index (χ3v) is 6.66. The van der Waals surface area contributed by atoms with Gasteiger partial charge in [0, 0.05) is 22.2 Å². The van der Waals surface area contributed by atoms with E-state index in [0.717, 1.165) is 16.7 Å². The molecule has 3 aromatic carbocycles. The van der Waals surface area contributed by atoms with Crippen molar-refractivity contribution in [1.82, 2.24) is 0 Å². The molecule has 2 heterocycles. The molecule has 1 atom stereocenters. The van der Waals surface area contributed by atoms with E-state index in [1.165, 1.54) is 0 Å². The number of benzene rings is 3. The summed E-state index contributed by atoms with van der Waals surface area (Å²) in [7, 11) is 0. The van der Waals surface area contributed by atoms with Crippen molar-refractivity contribution in [3.63, 3.8) is 0 Å². The van der Waals surface area contributed by atoms with E-state index < -0.39 is 5.92 Å². The summed E-state index contributed by atoms with van der Waals surface area (Å²) in [4.78, 5) is 0. The number of rotatable bonds is 6. The highest BCUT2D eigenvalue weighted by atomic mass is 79.9. The number of fused-ring (bicyclic) bond motifs is 2. The lowest BCUT2D eigenvalue weighted by Crippen LogP contribution is -2.21. The average Bonchev–Trinajstić information content (AvgIpc) is 3.30. The molecule has 2 aliphatic heterocycles. The van der Waals surface area contributed by atoms with Gasteiger partial charge in [-0.25, -0.2) is 0 Å². The Morgan fingerprint density at radius 1 is 1.11 bits per heavy atom. The normalized spacial score (nSPS) is 15.8. The molecule has 2 N–H and O–H groups in total. The van der Waals surface area contributed by atoms with Crippen LogP contribution in [0.25, 0.3) is 0 Å². The van der Waals surface area contributed by atoms with E-state index in [1.54, 1.807) is 6.07 Å². The van der Waals surface area contributed by atoms with Gasteiger partial charge in [0.2, 0.25) is 12.7 Å². The van der Waals surface area contributed by atoms with E-state index in [1.807, 2.05) is 49.4 Å². The fourth-order valence-electron chi connectivity index (χ4n) is 4.11. The highest BCUT2D eigenvalue weighted by Gasteiger charge is 2.34. The molecule has 0 aliphatic carbocycles. The van der Waals surface area contributed by atoms with E-state index in [0.29, 0.717) is 44.8 Å². The number of halogens is 2. The molecule has 5 rings (SSSR count). The molecule has 9 heteroatoms. The van der Waals surface area contributed by atoms with Gasteiger partial charge in [0.15, 0.2) is 23.0 Å². The average molecular weight is 556 g/mol. The Kier molecular flexibility index (Phi) is 6.37. The van der Waals surface area contributed by atoms with E-state index in [2.05, 4.69) is 22.0 Å². The van der Waals surface area contributed by atoms with Crippen molar-refractivity contribution in [1.29, 1.82) is 5.26 Å². The summed E-state index contributed by atoms with van der Waals surface area (Å²) in [6.07, 6.45) is 0. The van der Waals surface area contributed by atoms with Gasteiger partial charge in [0.05, 0.1) is 17.0 Å². The summed E-state index contributed by atoms with van der Waals surface area (Å²) in [5.41, 5.74) is 8.80. The van der Waals surface area contributed by atoms with Crippen LogP contribution in [0.4, 0.5) is 0 Å². The van der Waals surface area contributed by atoms with Gasteiger partial charge in [-0.1, -0.05) is 29.8 Å². The second-order valence-electron chi connectivity index (χ2n) is 7.81. The van der Waals surface area contributed by atoms with Crippen LogP contribution in [0, 0.1) is 11.3 Å². The van der Waals surface area contributed by atoms with Crippen LogP contribution in [0.2, 0.25) is 5.02 Å². The van der Waals surface area contributed by atoms with Crippen molar-refractivity contribution in [3.8, 4) is 34.8 Å². The van der Waals surface area contributed by atoms with Gasteiger partial charge in [-0.2, -0.15) is 5.26 Å². The van der Waals surface area contributed by atoms with Crippen molar-refractivity contribution in [2.45, 2.75) is 19.4 Å². The van der Waals surface area contributed by atoms with Crippen LogP contribution in [0.15, 0.2) is 64.5 Å². The van der Waals surface area contributed by atoms with Crippen molar-refractivity contribution in [3.05, 3.63) is 86.2 Å². The number of allylic oxidation sites excluding steroid dienone is 1. The Labute approximate surface area is 215 Å². The molecule has 0 spiro atoms. The largest absolute Gasteiger partial charge is 0.490 e. The predicted molar refractivity (Wildman–Crippen MR) is 133 cm³/mol. The van der Waals surface area contributed by atoms with Gasteiger partial charge in [0.1, 0.15) is 24.0 Å². The fourth-order valence-corrected chi connectivity index (χ4v) is 4.88. The number of hydrogen-bond donors (Lipinski definition) is 1. The SMILES string of the molecule is CCOc1cc([C@@H]2C(C#N)=C(N)Oc3cc4c(cc32)OCO4)cc(Br)c1OCc1ccccc1Cl. The van der Waals surface area contributed by atoms with Crippen molar-refractivity contribution in [2.24, 2.45) is 5.73 Å². The van der Waals surface area contributed by atoms with Crippen molar-refractivity contribution < 1.29 is 23.7 Å². The molecule has 35 heavy (non-hydrogen) atoms. The molecule has 0 saturated heterocycles. The van der Waals surface area contributed by atoms with Gasteiger partial charge < -0.3 is 29.4 Å². The monoisotopic (exact) mass is 554 g/mol. The van der Waals surface area contributed by atoms with E-state index in [-0.39, 0.29) is 24.9 Å². The molecule has 3 aromatic rings. The molecule has 0 unspecified atom stereocenters. The van der Waals surface area contributed by atoms with Crippen LogP contribution in [-0.2, 0) is 6.61 Å². The molecule has 0 saturated carbocycles. The van der Waals surface area contributed by atoms with Crippen LogP contribution >= 0.6 is 27.5 Å². The van der Waals surface area contributed by atoms with Gasteiger partial charge in [-0.05, 0) is 52.7 Å². The number of nitrogens with zero attached hydrogens (tertiary/aromatic N) is 1. The molecule has 0 bridgehead atoms. The Balaban J connectivity index is 1.58. The van der Waals surface area contributed by atoms with Crippen LogP contribution in [-0.4, -0.2) is 13.4 Å². The Morgan fingerprint density at radius 3 is 2.63 bits per heavy atom. The summed E-state index contributed by atoms with van der Waals surface area (Å²) in [6, 6.07) is 17.0. The molecule has 7 nitrogen and oxygen atoms in total. The van der Waals surface area contributed by atoms with Gasteiger partial charge in [0.25, 0.3) is 0 Å². The summed E-state index contributed by atoms with van der Waals surface area (Å²) >= 11 is 9.92. The zero-order chi connectivity index (χ0) is 24.5. The van der Waals surface area contributed by atoms with E-state index in [9.17, 15) is 5.26 Å². The first-order valence-corrected chi connectivity index (χ1v) is 12.0. The number of nitrogens with two attached hydrogens (primary N) is 1. The molecular weight excluding hydrogens is 536 g/mol. The van der Waals surface area contributed by atoms with Crippen molar-refractivity contribution >= 4 is 27.5 Å². The minimum atomic E-state index is -0.508. The van der Waals surface area contributed by atoms with Crippen LogP contribution in [0.3, 0.4) is 0 Å². The summed E-state index contributed by atoms with van der Waals surface area (Å²) in [5, 5.41) is 10.6. The molecule has 178 valence electrons. The lowest BCUT2D eigenvalue weighted by Gasteiger charge is -2.27. The summed E-state index contributed by atoms with van der Waals surface area (Å²) in [6.45, 7) is 2.69. The quantitative estimate of drug-likeness (QED) is 0.397. The van der Waals surface area contributed by atoms with Crippen LogP contribution in [0.5, 0.6) is 28.7 Å². The Hall–Kier alpha value is -3.54. The first-order valence-electron chi connectivity index (χ1n) is 10.8. The Bertz CT molecular complexity index is 1380. The maximum Gasteiger partial charge on any atom is 0.231 e. The second kappa shape index (κ2) is 9.61. The number of hydrogen-bond acceptors (Lipinski definition) is 7. The van der Waals surface area contributed by atoms with Gasteiger partial charge >= 0.3 is 0 Å².